The first-order chi connectivity index (χ1) is 12.5. The molecule has 0 atom stereocenters. The van der Waals surface area contributed by atoms with Gasteiger partial charge in [0, 0.05) is 17.0 Å². The first-order valence-electron chi connectivity index (χ1n) is 8.50. The van der Waals surface area contributed by atoms with Crippen molar-refractivity contribution in [3.63, 3.8) is 0 Å². The number of unbranched alkanes of at least 4 members (excludes halogenated alkanes) is 1. The van der Waals surface area contributed by atoms with Crippen LogP contribution in [-0.2, 0) is 4.79 Å². The summed E-state index contributed by atoms with van der Waals surface area (Å²) in [6.07, 6.45) is 1.75. The molecule has 0 aliphatic carbocycles. The minimum Gasteiger partial charge on any atom is -0.493 e. The van der Waals surface area contributed by atoms with Crippen LogP contribution in [0.2, 0.25) is 5.02 Å². The molecule has 2 aromatic rings. The number of carbonyl (C=O) groups is 2. The van der Waals surface area contributed by atoms with Crippen molar-refractivity contribution in [2.45, 2.75) is 33.1 Å². The van der Waals surface area contributed by atoms with Crippen molar-refractivity contribution < 1.29 is 14.3 Å². The van der Waals surface area contributed by atoms with Crippen LogP contribution in [-0.4, -0.2) is 18.4 Å². The number of hydrogen-bond donors (Lipinski definition) is 2. The number of nitrogens with one attached hydrogen (secondary N) is 2. The van der Waals surface area contributed by atoms with Crippen LogP contribution in [0.15, 0.2) is 42.5 Å². The molecule has 2 N–H and O–H groups in total. The fourth-order valence-corrected chi connectivity index (χ4v) is 2.42. The van der Waals surface area contributed by atoms with Crippen LogP contribution in [0.3, 0.4) is 0 Å². The molecule has 2 amide bonds. The lowest BCUT2D eigenvalue weighted by Crippen LogP contribution is -2.41. The molecule has 0 heterocycles. The minimum absolute atomic E-state index is 0.237. The number of benzene rings is 2. The molecule has 2 aromatic carbocycles. The van der Waals surface area contributed by atoms with E-state index >= 15 is 0 Å². The maximum absolute atomic E-state index is 11.9. The highest BCUT2D eigenvalue weighted by molar-refractivity contribution is 6.30. The van der Waals surface area contributed by atoms with Gasteiger partial charge in [0.15, 0.2) is 0 Å². The molecule has 0 aliphatic heterocycles. The average Bonchev–Trinajstić information content (AvgIpc) is 2.62. The summed E-state index contributed by atoms with van der Waals surface area (Å²) in [7, 11) is 0. The second-order valence-electron chi connectivity index (χ2n) is 6.08. The van der Waals surface area contributed by atoms with Crippen LogP contribution in [0.1, 0.15) is 40.7 Å². The summed E-state index contributed by atoms with van der Waals surface area (Å²) in [6, 6.07) is 12.5. The van der Waals surface area contributed by atoms with Crippen LogP contribution in [0.5, 0.6) is 5.75 Å². The Balaban J connectivity index is 1.62. The summed E-state index contributed by atoms with van der Waals surface area (Å²) in [5.41, 5.74) is 7.47. The summed E-state index contributed by atoms with van der Waals surface area (Å²) in [5, 5.41) is 0.550. The van der Waals surface area contributed by atoms with E-state index in [1.807, 2.05) is 32.0 Å². The van der Waals surface area contributed by atoms with E-state index in [0.29, 0.717) is 30.0 Å². The molecule has 0 aromatic heterocycles. The van der Waals surface area contributed by atoms with E-state index in [1.165, 1.54) is 0 Å². The van der Waals surface area contributed by atoms with Crippen molar-refractivity contribution in [1.82, 2.24) is 10.9 Å². The molecule has 5 nitrogen and oxygen atoms in total. The minimum atomic E-state index is -0.381. The van der Waals surface area contributed by atoms with E-state index in [9.17, 15) is 9.59 Å². The van der Waals surface area contributed by atoms with Crippen LogP contribution >= 0.6 is 11.6 Å². The third-order valence-corrected chi connectivity index (χ3v) is 4.07. The Morgan fingerprint density at radius 2 is 1.73 bits per heavy atom. The van der Waals surface area contributed by atoms with E-state index in [1.54, 1.807) is 24.3 Å². The van der Waals surface area contributed by atoms with Gasteiger partial charge in [0.25, 0.3) is 5.91 Å². The molecule has 6 heteroatoms. The lowest BCUT2D eigenvalue weighted by Gasteiger charge is -2.10. The molecule has 138 valence electrons. The second kappa shape index (κ2) is 9.82. The fraction of sp³-hybridized carbons (Fsp3) is 0.300. The SMILES string of the molecule is Cc1ccc(C)c(OCCCCC(=O)NNC(=O)c2ccc(Cl)cc2)c1. The zero-order chi connectivity index (χ0) is 18.9. The van der Waals surface area contributed by atoms with Crippen LogP contribution in [0.4, 0.5) is 0 Å². The number of rotatable bonds is 7. The van der Waals surface area contributed by atoms with Gasteiger partial charge in [-0.05, 0) is 68.1 Å². The number of halogens is 1. The van der Waals surface area contributed by atoms with Gasteiger partial charge < -0.3 is 4.74 Å². The summed E-state index contributed by atoms with van der Waals surface area (Å²) in [4.78, 5) is 23.6. The van der Waals surface area contributed by atoms with Crippen molar-refractivity contribution in [3.8, 4) is 5.75 Å². The Morgan fingerprint density at radius 3 is 2.46 bits per heavy atom. The number of hydrogen-bond acceptors (Lipinski definition) is 3. The topological polar surface area (TPSA) is 67.4 Å². The number of aryl methyl sites for hydroxylation is 2. The molecule has 2 rings (SSSR count). The van der Waals surface area contributed by atoms with Gasteiger partial charge in [-0.1, -0.05) is 23.7 Å². The van der Waals surface area contributed by atoms with Gasteiger partial charge >= 0.3 is 0 Å². The first kappa shape index (κ1) is 19.8. The summed E-state index contributed by atoms with van der Waals surface area (Å²) >= 11 is 5.77. The molecule has 0 saturated heterocycles. The highest BCUT2D eigenvalue weighted by Crippen LogP contribution is 2.19. The van der Waals surface area contributed by atoms with Gasteiger partial charge in [0.2, 0.25) is 5.91 Å². The maximum Gasteiger partial charge on any atom is 0.269 e. The van der Waals surface area contributed by atoms with Crippen molar-refractivity contribution in [2.24, 2.45) is 0 Å². The van der Waals surface area contributed by atoms with Gasteiger partial charge in [0.1, 0.15) is 5.75 Å². The molecule has 26 heavy (non-hydrogen) atoms. The molecular formula is C20H23ClN2O3. The van der Waals surface area contributed by atoms with Crippen LogP contribution < -0.4 is 15.6 Å². The summed E-state index contributed by atoms with van der Waals surface area (Å²) in [6.45, 7) is 4.58. The predicted octanol–water partition coefficient (Wildman–Crippen LogP) is 3.97. The monoisotopic (exact) mass is 374 g/mol. The number of amides is 2. The standard InChI is InChI=1S/C20H23ClN2O3/c1-14-6-7-15(2)18(13-14)26-12-4-3-5-19(24)22-23-20(25)16-8-10-17(21)11-9-16/h6-11,13H,3-5,12H2,1-2H3,(H,22,24)(H,23,25). The van der Waals surface area contributed by atoms with E-state index in [2.05, 4.69) is 10.9 Å². The van der Waals surface area contributed by atoms with Gasteiger partial charge in [-0.15, -0.1) is 0 Å². The Hall–Kier alpha value is -2.53. The number of hydrazine groups is 1. The number of carbonyl (C=O) groups excluding carboxylic acids is 2. The third kappa shape index (κ3) is 6.41. The van der Waals surface area contributed by atoms with Gasteiger partial charge in [-0.2, -0.15) is 0 Å². The Kier molecular flexibility index (Phi) is 7.48. The van der Waals surface area contributed by atoms with E-state index in [-0.39, 0.29) is 11.8 Å². The van der Waals surface area contributed by atoms with Crippen molar-refractivity contribution >= 4 is 23.4 Å². The largest absolute Gasteiger partial charge is 0.493 e. The van der Waals surface area contributed by atoms with E-state index < -0.39 is 0 Å². The van der Waals surface area contributed by atoms with Crippen molar-refractivity contribution in [1.29, 1.82) is 0 Å². The Labute approximate surface area is 158 Å². The molecule has 0 aliphatic rings. The van der Waals surface area contributed by atoms with Crippen molar-refractivity contribution in [2.75, 3.05) is 6.61 Å². The summed E-state index contributed by atoms with van der Waals surface area (Å²) < 4.78 is 5.75. The molecule has 0 unspecified atom stereocenters. The van der Waals surface area contributed by atoms with Gasteiger partial charge in [-0.25, -0.2) is 0 Å². The molecule has 0 fully saturated rings. The molecule has 0 bridgehead atoms. The number of ether oxygens (including phenoxy) is 1. The highest BCUT2D eigenvalue weighted by Gasteiger charge is 2.07. The molecule has 0 radical (unpaired) electrons. The third-order valence-electron chi connectivity index (χ3n) is 3.82. The van der Waals surface area contributed by atoms with Gasteiger partial charge in [-0.3, -0.25) is 20.4 Å². The van der Waals surface area contributed by atoms with E-state index in [0.717, 1.165) is 23.3 Å². The highest BCUT2D eigenvalue weighted by atomic mass is 35.5. The van der Waals surface area contributed by atoms with Gasteiger partial charge in [0.05, 0.1) is 6.61 Å². The average molecular weight is 375 g/mol. The van der Waals surface area contributed by atoms with Crippen LogP contribution in [0, 0.1) is 13.8 Å². The van der Waals surface area contributed by atoms with E-state index in [4.69, 9.17) is 16.3 Å². The lowest BCUT2D eigenvalue weighted by atomic mass is 10.1. The Morgan fingerprint density at radius 1 is 1.00 bits per heavy atom. The first-order valence-corrected chi connectivity index (χ1v) is 8.88. The molecule has 0 spiro atoms. The van der Waals surface area contributed by atoms with Crippen LogP contribution in [0.25, 0.3) is 0 Å². The Bertz CT molecular complexity index is 760. The summed E-state index contributed by atoms with van der Waals surface area (Å²) in [5.74, 6) is 0.261. The maximum atomic E-state index is 11.9. The lowest BCUT2D eigenvalue weighted by molar-refractivity contribution is -0.122. The normalized spacial score (nSPS) is 10.3. The fourth-order valence-electron chi connectivity index (χ4n) is 2.29. The van der Waals surface area contributed by atoms with Crippen molar-refractivity contribution in [3.05, 3.63) is 64.2 Å². The second-order valence-corrected chi connectivity index (χ2v) is 6.52. The zero-order valence-electron chi connectivity index (χ0n) is 15.0. The predicted molar refractivity (Wildman–Crippen MR) is 102 cm³/mol. The quantitative estimate of drug-likeness (QED) is 0.569. The molecular weight excluding hydrogens is 352 g/mol. The smallest absolute Gasteiger partial charge is 0.269 e. The zero-order valence-corrected chi connectivity index (χ0v) is 15.7. The molecule has 0 saturated carbocycles.